The van der Waals surface area contributed by atoms with E-state index in [4.69, 9.17) is 5.73 Å². The van der Waals surface area contributed by atoms with Gasteiger partial charge in [-0.2, -0.15) is 0 Å². The minimum Gasteiger partial charge on any atom is -0.350 e. The van der Waals surface area contributed by atoms with Crippen molar-refractivity contribution < 1.29 is 26.7 Å². The lowest BCUT2D eigenvalue weighted by atomic mass is 10.1. The summed E-state index contributed by atoms with van der Waals surface area (Å²) in [5.74, 6) is -12.4. The van der Waals surface area contributed by atoms with E-state index in [1.807, 2.05) is 5.32 Å². The number of benzene rings is 1. The average molecular weight is 282 g/mol. The zero-order valence-electron chi connectivity index (χ0n) is 9.87. The lowest BCUT2D eigenvalue weighted by Crippen LogP contribution is -2.37. The molecule has 1 unspecified atom stereocenters. The highest BCUT2D eigenvalue weighted by atomic mass is 19.2. The van der Waals surface area contributed by atoms with Crippen molar-refractivity contribution in [2.45, 2.75) is 19.4 Å². The summed E-state index contributed by atoms with van der Waals surface area (Å²) < 4.78 is 65.0. The third-order valence-electron chi connectivity index (χ3n) is 2.49. The summed E-state index contributed by atoms with van der Waals surface area (Å²) in [7, 11) is 0. The van der Waals surface area contributed by atoms with E-state index in [1.54, 1.807) is 6.92 Å². The van der Waals surface area contributed by atoms with Gasteiger partial charge < -0.3 is 11.1 Å². The second-order valence-electron chi connectivity index (χ2n) is 3.82. The molecule has 0 heterocycles. The van der Waals surface area contributed by atoms with E-state index in [2.05, 4.69) is 0 Å². The van der Waals surface area contributed by atoms with Gasteiger partial charge in [-0.15, -0.1) is 0 Å². The molecule has 0 aliphatic carbocycles. The number of hydrogen-bond acceptors (Lipinski definition) is 2. The highest BCUT2D eigenvalue weighted by molar-refractivity contribution is 5.94. The lowest BCUT2D eigenvalue weighted by molar-refractivity contribution is 0.0939. The zero-order valence-corrected chi connectivity index (χ0v) is 9.87. The molecule has 0 saturated heterocycles. The Morgan fingerprint density at radius 1 is 1.05 bits per heavy atom. The predicted octanol–water partition coefficient (Wildman–Crippen LogP) is 1.85. The van der Waals surface area contributed by atoms with Gasteiger partial charge in [0.2, 0.25) is 5.82 Å². The monoisotopic (exact) mass is 282 g/mol. The average Bonchev–Trinajstić information content (AvgIpc) is 2.40. The number of carbonyl (C=O) groups is 1. The van der Waals surface area contributed by atoms with Crippen LogP contribution in [0.4, 0.5) is 22.0 Å². The molecule has 0 aliphatic rings. The van der Waals surface area contributed by atoms with E-state index in [1.165, 1.54) is 0 Å². The maximum atomic E-state index is 13.2. The number of halogens is 5. The van der Waals surface area contributed by atoms with Crippen molar-refractivity contribution in [1.29, 1.82) is 0 Å². The molecule has 1 amide bonds. The summed E-state index contributed by atoms with van der Waals surface area (Å²) in [6.07, 6.45) is 0.470. The fourth-order valence-electron chi connectivity index (χ4n) is 1.26. The normalized spacial score (nSPS) is 12.4. The Morgan fingerprint density at radius 3 is 1.89 bits per heavy atom. The fourth-order valence-corrected chi connectivity index (χ4v) is 1.26. The van der Waals surface area contributed by atoms with Gasteiger partial charge in [0.1, 0.15) is 5.56 Å². The third-order valence-corrected chi connectivity index (χ3v) is 2.49. The molecule has 8 heteroatoms. The zero-order chi connectivity index (χ0) is 14.7. The van der Waals surface area contributed by atoms with Gasteiger partial charge >= 0.3 is 0 Å². The summed E-state index contributed by atoms with van der Waals surface area (Å²) in [5, 5.41) is 2.01. The van der Waals surface area contributed by atoms with Crippen molar-refractivity contribution in [3.05, 3.63) is 34.6 Å². The molecule has 0 saturated carbocycles. The first kappa shape index (κ1) is 15.4. The van der Waals surface area contributed by atoms with E-state index >= 15 is 0 Å². The quantitative estimate of drug-likeness (QED) is 0.503. The van der Waals surface area contributed by atoms with Crippen LogP contribution < -0.4 is 11.1 Å². The van der Waals surface area contributed by atoms with Crippen molar-refractivity contribution in [1.82, 2.24) is 5.32 Å². The van der Waals surface area contributed by atoms with Crippen LogP contribution in [0.2, 0.25) is 0 Å². The number of nitrogens with two attached hydrogens (primary N) is 1. The summed E-state index contributed by atoms with van der Waals surface area (Å²) in [5.41, 5.74) is 3.93. The second-order valence-corrected chi connectivity index (χ2v) is 3.82. The van der Waals surface area contributed by atoms with Gasteiger partial charge in [-0.05, 0) is 6.42 Å². The van der Waals surface area contributed by atoms with Crippen LogP contribution in [0.1, 0.15) is 23.7 Å². The minimum absolute atomic E-state index is 0.144. The molecule has 1 atom stereocenters. The van der Waals surface area contributed by atoms with Crippen molar-refractivity contribution in [2.75, 3.05) is 6.54 Å². The molecule has 1 aromatic carbocycles. The molecule has 0 aliphatic heterocycles. The molecule has 3 nitrogen and oxygen atoms in total. The lowest BCUT2D eigenvalue weighted by Gasteiger charge is -2.12. The van der Waals surface area contributed by atoms with Gasteiger partial charge in [0.15, 0.2) is 23.3 Å². The minimum atomic E-state index is -2.31. The summed E-state index contributed by atoms with van der Waals surface area (Å²) in [6.45, 7) is 1.56. The molecule has 0 spiro atoms. The highest BCUT2D eigenvalue weighted by Crippen LogP contribution is 2.22. The van der Waals surface area contributed by atoms with E-state index in [-0.39, 0.29) is 6.54 Å². The molecule has 19 heavy (non-hydrogen) atoms. The Kier molecular flexibility index (Phi) is 4.82. The van der Waals surface area contributed by atoms with Crippen molar-refractivity contribution >= 4 is 5.91 Å². The first-order valence-electron chi connectivity index (χ1n) is 5.36. The molecule has 106 valence electrons. The van der Waals surface area contributed by atoms with Gasteiger partial charge in [0.05, 0.1) is 0 Å². The molecule has 3 N–H and O–H groups in total. The second kappa shape index (κ2) is 5.96. The Bertz CT molecular complexity index is 477. The maximum Gasteiger partial charge on any atom is 0.257 e. The van der Waals surface area contributed by atoms with Crippen LogP contribution in [0.5, 0.6) is 0 Å². The first-order chi connectivity index (χ1) is 8.81. The van der Waals surface area contributed by atoms with Crippen LogP contribution in [0.25, 0.3) is 0 Å². The van der Waals surface area contributed by atoms with Crippen LogP contribution in [-0.2, 0) is 0 Å². The topological polar surface area (TPSA) is 55.1 Å². The highest BCUT2D eigenvalue weighted by Gasteiger charge is 2.29. The summed E-state index contributed by atoms with van der Waals surface area (Å²) in [6, 6.07) is -0.481. The van der Waals surface area contributed by atoms with E-state index in [0.29, 0.717) is 6.42 Å². The number of amides is 1. The summed E-state index contributed by atoms with van der Waals surface area (Å²) in [4.78, 5) is 11.4. The number of hydrogen-bond donors (Lipinski definition) is 2. The first-order valence-corrected chi connectivity index (χ1v) is 5.36. The van der Waals surface area contributed by atoms with Gasteiger partial charge in [0, 0.05) is 12.6 Å². The van der Waals surface area contributed by atoms with Crippen LogP contribution in [0, 0.1) is 29.1 Å². The molecule has 1 rings (SSSR count). The molecule has 0 radical (unpaired) electrons. The Balaban J connectivity index is 3.10. The van der Waals surface area contributed by atoms with Crippen LogP contribution in [0.3, 0.4) is 0 Å². The number of rotatable bonds is 4. The number of carbonyl (C=O) groups excluding carboxylic acids is 1. The van der Waals surface area contributed by atoms with Crippen molar-refractivity contribution in [2.24, 2.45) is 5.73 Å². The largest absolute Gasteiger partial charge is 0.350 e. The van der Waals surface area contributed by atoms with Crippen molar-refractivity contribution in [3.63, 3.8) is 0 Å². The molecule has 1 aromatic rings. The fraction of sp³-hybridized carbons (Fsp3) is 0.364. The smallest absolute Gasteiger partial charge is 0.257 e. The van der Waals surface area contributed by atoms with Gasteiger partial charge in [-0.3, -0.25) is 4.79 Å². The number of nitrogens with one attached hydrogen (secondary N) is 1. The molecule has 0 bridgehead atoms. The van der Waals surface area contributed by atoms with Gasteiger partial charge in [-0.1, -0.05) is 6.92 Å². The van der Waals surface area contributed by atoms with Crippen LogP contribution >= 0.6 is 0 Å². The van der Waals surface area contributed by atoms with Gasteiger partial charge in [-0.25, -0.2) is 22.0 Å². The third kappa shape index (κ3) is 3.01. The Hall–Kier alpha value is -1.70. The van der Waals surface area contributed by atoms with Gasteiger partial charge in [0.25, 0.3) is 5.91 Å². The SMILES string of the molecule is CCC(N)CNC(=O)c1c(F)c(F)c(F)c(F)c1F. The molecular formula is C11H11F5N2O. The maximum absolute atomic E-state index is 13.2. The Labute approximate surface area is 105 Å². The van der Waals surface area contributed by atoms with E-state index < -0.39 is 46.6 Å². The molecular weight excluding hydrogens is 271 g/mol. The summed E-state index contributed by atoms with van der Waals surface area (Å²) >= 11 is 0. The standard InChI is InChI=1S/C11H11F5N2O/c1-2-4(17)3-18-11(19)5-6(12)8(14)10(16)9(15)7(5)13/h4H,2-3,17H2,1H3,(H,18,19). The van der Waals surface area contributed by atoms with E-state index in [0.717, 1.165) is 0 Å². The molecule has 0 aromatic heterocycles. The predicted molar refractivity (Wildman–Crippen MR) is 56.8 cm³/mol. The van der Waals surface area contributed by atoms with Crippen LogP contribution in [0.15, 0.2) is 0 Å². The molecule has 0 fully saturated rings. The van der Waals surface area contributed by atoms with Crippen LogP contribution in [-0.4, -0.2) is 18.5 Å². The Morgan fingerprint density at radius 2 is 1.47 bits per heavy atom. The van der Waals surface area contributed by atoms with Crippen molar-refractivity contribution in [3.8, 4) is 0 Å². The van der Waals surface area contributed by atoms with E-state index in [9.17, 15) is 26.7 Å².